The SMILES string of the molecule is COc1ccc2c(c1)/C(=C/c1[nH]cc(NC(=O)CCN3CCCC3)c1C)C(=O)N2. The van der Waals surface area contributed by atoms with Crippen LogP contribution in [0.4, 0.5) is 11.4 Å². The van der Waals surface area contributed by atoms with Gasteiger partial charge in [-0.05, 0) is 62.7 Å². The molecule has 0 spiro atoms. The van der Waals surface area contributed by atoms with E-state index in [0.29, 0.717) is 17.7 Å². The van der Waals surface area contributed by atoms with Crippen LogP contribution in [-0.4, -0.2) is 48.4 Å². The van der Waals surface area contributed by atoms with Crippen molar-refractivity contribution >= 4 is 34.8 Å². The summed E-state index contributed by atoms with van der Waals surface area (Å²) in [4.78, 5) is 30.2. The first-order valence-corrected chi connectivity index (χ1v) is 9.97. The molecule has 0 bridgehead atoms. The number of fused-ring (bicyclic) bond motifs is 1. The number of methoxy groups -OCH3 is 1. The number of rotatable bonds is 6. The lowest BCUT2D eigenvalue weighted by Crippen LogP contribution is -2.25. The number of hydrogen-bond acceptors (Lipinski definition) is 4. The fourth-order valence-corrected chi connectivity index (χ4v) is 3.85. The highest BCUT2D eigenvalue weighted by Crippen LogP contribution is 2.36. The van der Waals surface area contributed by atoms with Gasteiger partial charge in [-0.1, -0.05) is 0 Å². The van der Waals surface area contributed by atoms with E-state index in [4.69, 9.17) is 4.74 Å². The van der Waals surface area contributed by atoms with Gasteiger partial charge in [0.1, 0.15) is 5.75 Å². The number of nitrogens with one attached hydrogen (secondary N) is 3. The van der Waals surface area contributed by atoms with Crippen LogP contribution in [0.1, 0.15) is 36.1 Å². The van der Waals surface area contributed by atoms with Crippen molar-refractivity contribution in [3.05, 3.63) is 41.2 Å². The van der Waals surface area contributed by atoms with E-state index in [0.717, 1.165) is 47.8 Å². The zero-order valence-electron chi connectivity index (χ0n) is 16.8. The summed E-state index contributed by atoms with van der Waals surface area (Å²) in [6, 6.07) is 5.50. The number of anilines is 2. The van der Waals surface area contributed by atoms with Crippen molar-refractivity contribution in [2.24, 2.45) is 0 Å². The second-order valence-electron chi connectivity index (χ2n) is 7.51. The highest BCUT2D eigenvalue weighted by Gasteiger charge is 2.25. The van der Waals surface area contributed by atoms with Gasteiger partial charge in [-0.3, -0.25) is 9.59 Å². The average Bonchev–Trinajstić information content (AvgIpc) is 3.42. The first kappa shape index (κ1) is 19.3. The van der Waals surface area contributed by atoms with E-state index in [1.54, 1.807) is 13.3 Å². The minimum Gasteiger partial charge on any atom is -0.497 e. The number of amides is 2. The van der Waals surface area contributed by atoms with Crippen molar-refractivity contribution in [2.75, 3.05) is 37.4 Å². The predicted octanol–water partition coefficient (Wildman–Crippen LogP) is 3.25. The van der Waals surface area contributed by atoms with Gasteiger partial charge < -0.3 is 25.3 Å². The quantitative estimate of drug-likeness (QED) is 0.657. The summed E-state index contributed by atoms with van der Waals surface area (Å²) < 4.78 is 5.28. The Balaban J connectivity index is 1.49. The molecule has 2 aliphatic rings. The number of carbonyl (C=O) groups excluding carboxylic acids is 2. The minimum absolute atomic E-state index is 0.00638. The van der Waals surface area contributed by atoms with Gasteiger partial charge in [0.05, 0.1) is 18.4 Å². The molecule has 0 unspecified atom stereocenters. The summed E-state index contributed by atoms with van der Waals surface area (Å²) in [7, 11) is 1.60. The standard InChI is InChI=1S/C22H26N4O3/c1-14-19(12-17-16-11-15(29-2)5-6-18(16)25-22(17)28)23-13-20(14)24-21(27)7-10-26-8-3-4-9-26/h5-6,11-13,23H,3-4,7-10H2,1-2H3,(H,24,27)(H,25,28)/b17-12-. The Labute approximate surface area is 170 Å². The molecule has 0 radical (unpaired) electrons. The fourth-order valence-electron chi connectivity index (χ4n) is 3.85. The largest absolute Gasteiger partial charge is 0.497 e. The number of H-pyrrole nitrogens is 1. The van der Waals surface area contributed by atoms with Crippen LogP contribution in [0, 0.1) is 6.92 Å². The maximum absolute atomic E-state index is 12.4. The second kappa shape index (κ2) is 8.13. The number of hydrogen-bond donors (Lipinski definition) is 3. The Morgan fingerprint density at radius 3 is 2.86 bits per heavy atom. The fraction of sp³-hybridized carbons (Fsp3) is 0.364. The normalized spacial score (nSPS) is 17.4. The number of ether oxygens (including phenoxy) is 1. The Morgan fingerprint density at radius 2 is 2.10 bits per heavy atom. The molecule has 1 saturated heterocycles. The minimum atomic E-state index is -0.154. The van der Waals surface area contributed by atoms with Crippen LogP contribution in [0.2, 0.25) is 0 Å². The molecule has 2 aromatic rings. The first-order chi connectivity index (χ1) is 14.0. The van der Waals surface area contributed by atoms with Crippen LogP contribution in [0.3, 0.4) is 0 Å². The molecule has 0 atom stereocenters. The number of benzene rings is 1. The molecular formula is C22H26N4O3. The van der Waals surface area contributed by atoms with E-state index in [1.165, 1.54) is 12.8 Å². The van der Waals surface area contributed by atoms with Crippen LogP contribution in [0.25, 0.3) is 11.6 Å². The summed E-state index contributed by atoms with van der Waals surface area (Å²) >= 11 is 0. The van der Waals surface area contributed by atoms with Crippen LogP contribution in [0.5, 0.6) is 5.75 Å². The molecule has 7 nitrogen and oxygen atoms in total. The maximum Gasteiger partial charge on any atom is 0.256 e. The molecule has 1 aromatic heterocycles. The zero-order chi connectivity index (χ0) is 20.4. The summed E-state index contributed by atoms with van der Waals surface area (Å²) in [5.41, 5.74) is 4.57. The van der Waals surface area contributed by atoms with E-state index in [1.807, 2.05) is 31.2 Å². The lowest BCUT2D eigenvalue weighted by Gasteiger charge is -2.13. The van der Waals surface area contributed by atoms with Crippen LogP contribution in [-0.2, 0) is 9.59 Å². The van der Waals surface area contributed by atoms with Crippen molar-refractivity contribution < 1.29 is 14.3 Å². The highest BCUT2D eigenvalue weighted by atomic mass is 16.5. The number of likely N-dealkylation sites (tertiary alicyclic amines) is 1. The van der Waals surface area contributed by atoms with E-state index in [9.17, 15) is 9.59 Å². The van der Waals surface area contributed by atoms with E-state index >= 15 is 0 Å². The maximum atomic E-state index is 12.4. The lowest BCUT2D eigenvalue weighted by atomic mass is 10.0. The monoisotopic (exact) mass is 394 g/mol. The Morgan fingerprint density at radius 1 is 1.31 bits per heavy atom. The molecule has 3 heterocycles. The van der Waals surface area contributed by atoms with E-state index in [2.05, 4.69) is 20.5 Å². The van der Waals surface area contributed by atoms with Crippen molar-refractivity contribution in [3.8, 4) is 5.75 Å². The molecular weight excluding hydrogens is 368 g/mol. The van der Waals surface area contributed by atoms with Gasteiger partial charge in [0.2, 0.25) is 5.91 Å². The van der Waals surface area contributed by atoms with Crippen LogP contribution in [0.15, 0.2) is 24.4 Å². The highest BCUT2D eigenvalue weighted by molar-refractivity contribution is 6.35. The molecule has 1 aromatic carbocycles. The molecule has 2 aliphatic heterocycles. The number of carbonyl (C=O) groups is 2. The molecule has 152 valence electrons. The second-order valence-corrected chi connectivity index (χ2v) is 7.51. The summed E-state index contributed by atoms with van der Waals surface area (Å²) in [5.74, 6) is 0.547. The van der Waals surface area contributed by atoms with Crippen LogP contribution < -0.4 is 15.4 Å². The molecule has 0 saturated carbocycles. The van der Waals surface area contributed by atoms with E-state index < -0.39 is 0 Å². The summed E-state index contributed by atoms with van der Waals surface area (Å²) in [6.07, 6.45) is 6.51. The first-order valence-electron chi connectivity index (χ1n) is 9.97. The van der Waals surface area contributed by atoms with Crippen LogP contribution >= 0.6 is 0 Å². The van der Waals surface area contributed by atoms with Gasteiger partial charge in [0.15, 0.2) is 0 Å². The molecule has 7 heteroatoms. The van der Waals surface area contributed by atoms with Crippen molar-refractivity contribution in [1.82, 2.24) is 9.88 Å². The Hall–Kier alpha value is -3.06. The van der Waals surface area contributed by atoms with E-state index in [-0.39, 0.29) is 11.8 Å². The third-order valence-corrected chi connectivity index (χ3v) is 5.61. The van der Waals surface area contributed by atoms with Crippen molar-refractivity contribution in [3.63, 3.8) is 0 Å². The van der Waals surface area contributed by atoms with Gasteiger partial charge in [0, 0.05) is 36.1 Å². The summed E-state index contributed by atoms with van der Waals surface area (Å²) in [6.45, 7) is 4.90. The summed E-state index contributed by atoms with van der Waals surface area (Å²) in [5, 5.41) is 5.85. The molecule has 1 fully saturated rings. The number of aromatic amines is 1. The topological polar surface area (TPSA) is 86.5 Å². The molecule has 0 aliphatic carbocycles. The van der Waals surface area contributed by atoms with Gasteiger partial charge >= 0.3 is 0 Å². The third-order valence-electron chi connectivity index (χ3n) is 5.61. The Bertz CT molecular complexity index is 970. The number of aromatic nitrogens is 1. The molecule has 3 N–H and O–H groups in total. The Kier molecular flexibility index (Phi) is 5.40. The van der Waals surface area contributed by atoms with Crippen molar-refractivity contribution in [2.45, 2.75) is 26.2 Å². The molecule has 4 rings (SSSR count). The predicted molar refractivity (Wildman–Crippen MR) is 114 cm³/mol. The van der Waals surface area contributed by atoms with Gasteiger partial charge in [-0.25, -0.2) is 0 Å². The molecule has 2 amide bonds. The van der Waals surface area contributed by atoms with Gasteiger partial charge in [0.25, 0.3) is 5.91 Å². The number of nitrogens with zero attached hydrogens (tertiary/aromatic N) is 1. The average molecular weight is 394 g/mol. The van der Waals surface area contributed by atoms with Crippen molar-refractivity contribution in [1.29, 1.82) is 0 Å². The third kappa shape index (κ3) is 4.05. The molecule has 29 heavy (non-hydrogen) atoms. The lowest BCUT2D eigenvalue weighted by molar-refractivity contribution is -0.116. The van der Waals surface area contributed by atoms with Gasteiger partial charge in [-0.15, -0.1) is 0 Å². The smallest absolute Gasteiger partial charge is 0.256 e. The van der Waals surface area contributed by atoms with Gasteiger partial charge in [-0.2, -0.15) is 0 Å². The zero-order valence-corrected chi connectivity index (χ0v) is 16.8.